The second kappa shape index (κ2) is 9.92. The molecule has 5 aromatic rings. The van der Waals surface area contributed by atoms with Crippen LogP contribution in [0.4, 0.5) is 0 Å². The van der Waals surface area contributed by atoms with Crippen molar-refractivity contribution in [1.29, 1.82) is 0 Å². The van der Waals surface area contributed by atoms with Crippen molar-refractivity contribution < 1.29 is 18.7 Å². The van der Waals surface area contributed by atoms with E-state index >= 15 is 0 Å². The number of rotatable bonds is 8. The van der Waals surface area contributed by atoms with Gasteiger partial charge in [-0.05, 0) is 42.5 Å². The summed E-state index contributed by atoms with van der Waals surface area (Å²) < 4.78 is 18.6. The van der Waals surface area contributed by atoms with Gasteiger partial charge in [0.15, 0.2) is 5.76 Å². The van der Waals surface area contributed by atoms with Crippen LogP contribution in [0.2, 0.25) is 0 Å². The molecule has 34 heavy (non-hydrogen) atoms. The number of benzene rings is 3. The molecular weight excluding hydrogens is 428 g/mol. The van der Waals surface area contributed by atoms with Crippen molar-refractivity contribution in [1.82, 2.24) is 9.78 Å². The van der Waals surface area contributed by atoms with Gasteiger partial charge in [-0.3, -0.25) is 0 Å². The van der Waals surface area contributed by atoms with Crippen LogP contribution in [-0.4, -0.2) is 29.0 Å². The molecule has 0 amide bonds. The van der Waals surface area contributed by atoms with E-state index in [1.807, 2.05) is 97.2 Å². The maximum Gasteiger partial charge on any atom is 0.330 e. The zero-order valence-corrected chi connectivity index (χ0v) is 18.3. The Labute approximate surface area is 196 Å². The second-order valence-electron chi connectivity index (χ2n) is 7.52. The van der Waals surface area contributed by atoms with Crippen molar-refractivity contribution in [3.8, 4) is 22.9 Å². The molecule has 0 unspecified atom stereocenters. The molecule has 0 aliphatic carbocycles. The van der Waals surface area contributed by atoms with Crippen LogP contribution in [0.15, 0.2) is 108 Å². The highest BCUT2D eigenvalue weighted by atomic mass is 16.6. The number of furan rings is 1. The fourth-order valence-electron chi connectivity index (χ4n) is 3.54. The third-order valence-corrected chi connectivity index (χ3v) is 5.16. The Morgan fingerprint density at radius 2 is 1.65 bits per heavy atom. The Bertz CT molecular complexity index is 1390. The molecule has 2 aromatic heterocycles. The van der Waals surface area contributed by atoms with E-state index in [2.05, 4.69) is 0 Å². The van der Waals surface area contributed by atoms with Gasteiger partial charge in [-0.25, -0.2) is 9.48 Å². The van der Waals surface area contributed by atoms with Gasteiger partial charge in [0.1, 0.15) is 30.2 Å². The van der Waals surface area contributed by atoms with Crippen molar-refractivity contribution in [2.45, 2.75) is 0 Å². The maximum atomic E-state index is 12.3. The summed E-state index contributed by atoms with van der Waals surface area (Å²) in [5, 5.41) is 5.72. The summed E-state index contributed by atoms with van der Waals surface area (Å²) in [7, 11) is 0. The molecule has 0 aliphatic heterocycles. The van der Waals surface area contributed by atoms with E-state index in [1.165, 1.54) is 6.08 Å². The van der Waals surface area contributed by atoms with E-state index in [4.69, 9.17) is 19.0 Å². The summed E-state index contributed by atoms with van der Waals surface area (Å²) >= 11 is 0. The topological polar surface area (TPSA) is 66.5 Å². The first-order valence-corrected chi connectivity index (χ1v) is 10.9. The molecule has 0 atom stereocenters. The van der Waals surface area contributed by atoms with E-state index in [0.717, 1.165) is 28.0 Å². The molecule has 2 heterocycles. The highest BCUT2D eigenvalue weighted by Crippen LogP contribution is 2.30. The lowest BCUT2D eigenvalue weighted by atomic mass is 10.2. The molecular formula is C28H22N2O4. The average Bonchev–Trinajstić information content (AvgIpc) is 3.51. The van der Waals surface area contributed by atoms with Crippen LogP contribution in [0, 0.1) is 0 Å². The molecule has 0 bridgehead atoms. The predicted octanol–water partition coefficient (Wildman–Crippen LogP) is 5.92. The zero-order chi connectivity index (χ0) is 23.2. The minimum absolute atomic E-state index is 0.151. The summed E-state index contributed by atoms with van der Waals surface area (Å²) in [6.45, 7) is 0.428. The van der Waals surface area contributed by atoms with E-state index in [1.54, 1.807) is 10.8 Å². The van der Waals surface area contributed by atoms with Crippen LogP contribution in [0.3, 0.4) is 0 Å². The Morgan fingerprint density at radius 1 is 0.912 bits per heavy atom. The van der Waals surface area contributed by atoms with Gasteiger partial charge in [0.25, 0.3) is 0 Å². The standard InChI is InChI=1S/C28H22N2O4/c31-27(33-18-17-32-24-12-5-2-6-13-24)16-15-22-20-30(23-10-3-1-4-11-23)29-28(22)26-19-21-9-7-8-14-25(21)34-26/h1-16,19-20H,17-18H2. The Kier molecular flexibility index (Phi) is 6.21. The molecule has 168 valence electrons. The Balaban J connectivity index is 1.33. The van der Waals surface area contributed by atoms with Crippen LogP contribution < -0.4 is 4.74 Å². The number of hydrogen-bond acceptors (Lipinski definition) is 5. The first-order valence-electron chi connectivity index (χ1n) is 10.9. The number of ether oxygens (including phenoxy) is 2. The quantitative estimate of drug-likeness (QED) is 0.167. The van der Waals surface area contributed by atoms with E-state index < -0.39 is 5.97 Å². The number of nitrogens with zero attached hydrogens (tertiary/aromatic N) is 2. The maximum absolute atomic E-state index is 12.3. The molecule has 0 aliphatic rings. The van der Waals surface area contributed by atoms with Gasteiger partial charge in [-0.1, -0.05) is 54.6 Å². The first-order chi connectivity index (χ1) is 16.8. The molecule has 0 N–H and O–H groups in total. The number of hydrogen-bond donors (Lipinski definition) is 0. The van der Waals surface area contributed by atoms with Gasteiger partial charge in [-0.15, -0.1) is 0 Å². The number of carbonyl (C=O) groups is 1. The molecule has 0 saturated carbocycles. The van der Waals surface area contributed by atoms with Crippen LogP contribution in [0.5, 0.6) is 5.75 Å². The SMILES string of the molecule is O=C(C=Cc1cn(-c2ccccc2)nc1-c1cc2ccccc2o1)OCCOc1ccccc1. The Hall–Kier alpha value is -4.58. The number of carbonyl (C=O) groups excluding carboxylic acids is 1. The monoisotopic (exact) mass is 450 g/mol. The van der Waals surface area contributed by atoms with Crippen LogP contribution >= 0.6 is 0 Å². The van der Waals surface area contributed by atoms with Crippen LogP contribution in [-0.2, 0) is 9.53 Å². The smallest absolute Gasteiger partial charge is 0.330 e. The minimum Gasteiger partial charge on any atom is -0.490 e. The molecule has 5 rings (SSSR count). The summed E-state index contributed by atoms with van der Waals surface area (Å²) in [4.78, 5) is 12.3. The molecule has 0 fully saturated rings. The number of fused-ring (bicyclic) bond motifs is 1. The fraction of sp³-hybridized carbons (Fsp3) is 0.0714. The highest BCUT2D eigenvalue weighted by Gasteiger charge is 2.15. The molecule has 6 nitrogen and oxygen atoms in total. The zero-order valence-electron chi connectivity index (χ0n) is 18.3. The third kappa shape index (κ3) is 4.91. The van der Waals surface area contributed by atoms with E-state index in [9.17, 15) is 4.79 Å². The number of para-hydroxylation sites is 3. The highest BCUT2D eigenvalue weighted by molar-refractivity contribution is 5.89. The lowest BCUT2D eigenvalue weighted by Crippen LogP contribution is -2.10. The van der Waals surface area contributed by atoms with Crippen LogP contribution in [0.1, 0.15) is 5.56 Å². The van der Waals surface area contributed by atoms with Crippen LogP contribution in [0.25, 0.3) is 34.2 Å². The predicted molar refractivity (Wildman–Crippen MR) is 131 cm³/mol. The minimum atomic E-state index is -0.459. The summed E-state index contributed by atoms with van der Waals surface area (Å²) in [5.74, 6) is 0.901. The third-order valence-electron chi connectivity index (χ3n) is 5.16. The van der Waals surface area contributed by atoms with Gasteiger partial charge in [0, 0.05) is 23.2 Å². The normalized spacial score (nSPS) is 11.2. The molecule has 0 spiro atoms. The summed E-state index contributed by atoms with van der Waals surface area (Å²) in [5.41, 5.74) is 3.05. The van der Waals surface area contributed by atoms with E-state index in [-0.39, 0.29) is 13.2 Å². The fourth-order valence-corrected chi connectivity index (χ4v) is 3.54. The van der Waals surface area contributed by atoms with Gasteiger partial charge < -0.3 is 13.9 Å². The van der Waals surface area contributed by atoms with Crippen molar-refractivity contribution in [3.05, 3.63) is 109 Å². The summed E-state index contributed by atoms with van der Waals surface area (Å²) in [6.07, 6.45) is 4.94. The lowest BCUT2D eigenvalue weighted by Gasteiger charge is -2.05. The van der Waals surface area contributed by atoms with Gasteiger partial charge in [0.2, 0.25) is 0 Å². The van der Waals surface area contributed by atoms with Crippen molar-refractivity contribution in [3.63, 3.8) is 0 Å². The largest absolute Gasteiger partial charge is 0.490 e. The molecule has 0 radical (unpaired) electrons. The van der Waals surface area contributed by atoms with Gasteiger partial charge in [0.05, 0.1) is 5.69 Å². The molecule has 0 saturated heterocycles. The van der Waals surface area contributed by atoms with Crippen molar-refractivity contribution in [2.75, 3.05) is 13.2 Å². The summed E-state index contributed by atoms with van der Waals surface area (Å²) in [6, 6.07) is 28.9. The van der Waals surface area contributed by atoms with Crippen molar-refractivity contribution in [2.24, 2.45) is 0 Å². The Morgan fingerprint density at radius 3 is 2.44 bits per heavy atom. The molecule has 3 aromatic carbocycles. The van der Waals surface area contributed by atoms with Gasteiger partial charge in [-0.2, -0.15) is 5.10 Å². The average molecular weight is 450 g/mol. The first kappa shape index (κ1) is 21.3. The van der Waals surface area contributed by atoms with Crippen molar-refractivity contribution >= 4 is 23.0 Å². The van der Waals surface area contributed by atoms with E-state index in [0.29, 0.717) is 11.5 Å². The molecule has 6 heteroatoms. The number of esters is 1. The lowest BCUT2D eigenvalue weighted by molar-refractivity contribution is -0.138. The second-order valence-corrected chi connectivity index (χ2v) is 7.52. The van der Waals surface area contributed by atoms with Gasteiger partial charge >= 0.3 is 5.97 Å². The number of aromatic nitrogens is 2.